The molecule has 258 valence electrons. The van der Waals surface area contributed by atoms with E-state index in [9.17, 15) is 4.79 Å². The SMILES string of the molecule is CCOC(=O)c1nc(N(C)c2cc(C)c(/N=c3\sc4ccccc4n3COCC[Si](C)(C)C)nn2)sc1C1CCN(c2ccccc2)CC1. The number of benzene rings is 2. The molecule has 2 aromatic carbocycles. The van der Waals surface area contributed by atoms with Gasteiger partial charge in [0, 0.05) is 45.4 Å². The molecule has 3 aromatic heterocycles. The maximum absolute atomic E-state index is 13.1. The van der Waals surface area contributed by atoms with Crippen LogP contribution in [0.5, 0.6) is 0 Å². The predicted octanol–water partition coefficient (Wildman–Crippen LogP) is 8.13. The van der Waals surface area contributed by atoms with Crippen LogP contribution in [-0.2, 0) is 16.2 Å². The van der Waals surface area contributed by atoms with E-state index in [1.165, 1.54) is 17.0 Å². The van der Waals surface area contributed by atoms with E-state index in [1.54, 1.807) is 11.3 Å². The monoisotopic (exact) mass is 715 g/mol. The van der Waals surface area contributed by atoms with Crippen LogP contribution in [0, 0.1) is 6.92 Å². The van der Waals surface area contributed by atoms with E-state index in [-0.39, 0.29) is 11.9 Å². The summed E-state index contributed by atoms with van der Waals surface area (Å²) in [6.45, 7) is 14.2. The van der Waals surface area contributed by atoms with Gasteiger partial charge in [-0.05, 0) is 74.5 Å². The van der Waals surface area contributed by atoms with Crippen LogP contribution in [0.25, 0.3) is 10.2 Å². The fraction of sp³-hybridized carbons (Fsp3) is 0.417. The highest BCUT2D eigenvalue weighted by molar-refractivity contribution is 7.16. The van der Waals surface area contributed by atoms with Crippen molar-refractivity contribution in [3.63, 3.8) is 0 Å². The number of hydrogen-bond acceptors (Lipinski definition) is 11. The van der Waals surface area contributed by atoms with Gasteiger partial charge in [0.15, 0.2) is 27.3 Å². The first-order valence-corrected chi connectivity index (χ1v) is 22.2. The summed E-state index contributed by atoms with van der Waals surface area (Å²) in [6, 6.07) is 21.8. The third-order valence-corrected chi connectivity index (χ3v) is 12.7. The molecule has 6 rings (SSSR count). The van der Waals surface area contributed by atoms with Crippen LogP contribution >= 0.6 is 22.7 Å². The maximum atomic E-state index is 13.1. The summed E-state index contributed by atoms with van der Waals surface area (Å²) in [5.74, 6) is 1.03. The molecule has 0 aliphatic carbocycles. The Morgan fingerprint density at radius 2 is 1.78 bits per heavy atom. The van der Waals surface area contributed by atoms with Gasteiger partial charge in [-0.2, -0.15) is 4.99 Å². The molecule has 0 N–H and O–H groups in total. The van der Waals surface area contributed by atoms with Crippen molar-refractivity contribution in [3.8, 4) is 0 Å². The summed E-state index contributed by atoms with van der Waals surface area (Å²) in [7, 11) is 0.715. The van der Waals surface area contributed by atoms with Crippen molar-refractivity contribution >= 4 is 69.4 Å². The maximum Gasteiger partial charge on any atom is 0.358 e. The molecule has 1 saturated heterocycles. The Morgan fingerprint density at radius 3 is 2.49 bits per heavy atom. The number of thiazole rings is 2. The number of aryl methyl sites for hydroxylation is 1. The van der Waals surface area contributed by atoms with Crippen LogP contribution in [0.15, 0.2) is 65.7 Å². The van der Waals surface area contributed by atoms with Gasteiger partial charge in [0.05, 0.1) is 16.8 Å². The molecule has 5 aromatic rings. The quantitative estimate of drug-likeness (QED) is 0.0726. The summed E-state index contributed by atoms with van der Waals surface area (Å²) in [5.41, 5.74) is 3.61. The van der Waals surface area contributed by atoms with Crippen molar-refractivity contribution in [1.82, 2.24) is 19.7 Å². The number of piperidine rings is 1. The number of carbonyl (C=O) groups is 1. The molecule has 1 fully saturated rings. The first kappa shape index (κ1) is 34.9. The summed E-state index contributed by atoms with van der Waals surface area (Å²) in [4.78, 5) is 29.0. The van der Waals surface area contributed by atoms with Gasteiger partial charge in [0.1, 0.15) is 6.73 Å². The molecule has 0 unspecified atom stereocenters. The van der Waals surface area contributed by atoms with Crippen LogP contribution in [0.2, 0.25) is 25.7 Å². The van der Waals surface area contributed by atoms with Gasteiger partial charge >= 0.3 is 5.97 Å². The zero-order chi connectivity index (χ0) is 34.5. The van der Waals surface area contributed by atoms with Crippen molar-refractivity contribution in [1.29, 1.82) is 0 Å². The van der Waals surface area contributed by atoms with Crippen LogP contribution < -0.4 is 14.6 Å². The number of nitrogens with zero attached hydrogens (tertiary/aromatic N) is 7. The van der Waals surface area contributed by atoms with Crippen LogP contribution in [0.3, 0.4) is 0 Å². The normalized spacial score (nSPS) is 14.5. The van der Waals surface area contributed by atoms with E-state index in [2.05, 4.69) is 75.7 Å². The van der Waals surface area contributed by atoms with Crippen LogP contribution in [0.1, 0.15) is 46.6 Å². The van der Waals surface area contributed by atoms with Gasteiger partial charge in [0.2, 0.25) is 0 Å². The van der Waals surface area contributed by atoms with E-state index in [4.69, 9.17) is 19.5 Å². The fourth-order valence-electron chi connectivity index (χ4n) is 5.82. The minimum atomic E-state index is -1.19. The lowest BCUT2D eigenvalue weighted by molar-refractivity contribution is 0.0518. The Morgan fingerprint density at radius 1 is 1.04 bits per heavy atom. The predicted molar refractivity (Wildman–Crippen MR) is 203 cm³/mol. The van der Waals surface area contributed by atoms with E-state index in [0.29, 0.717) is 35.8 Å². The van der Waals surface area contributed by atoms with Gasteiger partial charge in [-0.1, -0.05) is 61.3 Å². The van der Waals surface area contributed by atoms with Crippen LogP contribution in [0.4, 0.5) is 22.5 Å². The molecule has 0 amide bonds. The lowest BCUT2D eigenvalue weighted by Crippen LogP contribution is -2.33. The second-order valence-corrected chi connectivity index (χ2v) is 21.2. The van der Waals surface area contributed by atoms with Gasteiger partial charge in [-0.25, -0.2) is 9.78 Å². The molecular weight excluding hydrogens is 671 g/mol. The first-order valence-electron chi connectivity index (χ1n) is 16.9. The first-order chi connectivity index (χ1) is 23.6. The average molecular weight is 716 g/mol. The molecule has 0 radical (unpaired) electrons. The molecule has 13 heteroatoms. The molecule has 10 nitrogen and oxygen atoms in total. The highest BCUT2D eigenvalue weighted by Gasteiger charge is 2.30. The topological polar surface area (TPSA) is 98.0 Å². The minimum Gasteiger partial charge on any atom is -0.461 e. The largest absolute Gasteiger partial charge is 0.461 e. The lowest BCUT2D eigenvalue weighted by atomic mass is 9.94. The minimum absolute atomic E-state index is 0.223. The summed E-state index contributed by atoms with van der Waals surface area (Å²) in [6.07, 6.45) is 1.87. The molecule has 4 heterocycles. The number of esters is 1. The Balaban J connectivity index is 1.24. The molecule has 1 aliphatic rings. The smallest absolute Gasteiger partial charge is 0.358 e. The van der Waals surface area contributed by atoms with Crippen LogP contribution in [-0.4, -0.2) is 67.1 Å². The van der Waals surface area contributed by atoms with E-state index in [1.807, 2.05) is 50.1 Å². The van der Waals surface area contributed by atoms with Gasteiger partial charge in [-0.15, -0.1) is 21.5 Å². The molecule has 0 atom stereocenters. The molecule has 0 bridgehead atoms. The number of anilines is 3. The van der Waals surface area contributed by atoms with E-state index in [0.717, 1.165) is 64.0 Å². The highest BCUT2D eigenvalue weighted by atomic mass is 32.1. The number of hydrogen-bond donors (Lipinski definition) is 0. The Labute approximate surface area is 297 Å². The number of aromatic nitrogens is 4. The summed E-state index contributed by atoms with van der Waals surface area (Å²) >= 11 is 3.15. The van der Waals surface area contributed by atoms with Gasteiger partial charge in [-0.3, -0.25) is 4.57 Å². The zero-order valence-corrected chi connectivity index (χ0v) is 31.8. The lowest BCUT2D eigenvalue weighted by Gasteiger charge is -2.33. The highest BCUT2D eigenvalue weighted by Crippen LogP contribution is 2.40. The van der Waals surface area contributed by atoms with Crippen molar-refractivity contribution in [2.45, 2.75) is 65.0 Å². The number of fused-ring (bicyclic) bond motifs is 1. The third-order valence-electron chi connectivity index (χ3n) is 8.68. The zero-order valence-electron chi connectivity index (χ0n) is 29.2. The average Bonchev–Trinajstić information content (AvgIpc) is 3.70. The van der Waals surface area contributed by atoms with E-state index >= 15 is 0 Å². The summed E-state index contributed by atoms with van der Waals surface area (Å²) in [5, 5.41) is 9.81. The van der Waals surface area contributed by atoms with E-state index < -0.39 is 8.07 Å². The Bertz CT molecular complexity index is 1960. The number of ether oxygens (including phenoxy) is 2. The number of para-hydroxylation sites is 2. The fourth-order valence-corrected chi connectivity index (χ4v) is 8.79. The molecule has 0 saturated carbocycles. The molecule has 0 spiro atoms. The molecule has 49 heavy (non-hydrogen) atoms. The van der Waals surface area contributed by atoms with Crippen molar-refractivity contribution < 1.29 is 14.3 Å². The Kier molecular flexibility index (Phi) is 10.9. The van der Waals surface area contributed by atoms with Crippen molar-refractivity contribution in [2.75, 3.05) is 43.2 Å². The molecular formula is C36H45N7O3S2Si. The van der Waals surface area contributed by atoms with Crippen molar-refractivity contribution in [3.05, 3.63) is 81.6 Å². The van der Waals surface area contributed by atoms with Gasteiger partial charge < -0.3 is 19.3 Å². The summed E-state index contributed by atoms with van der Waals surface area (Å²) < 4.78 is 14.8. The van der Waals surface area contributed by atoms with Gasteiger partial charge in [0.25, 0.3) is 0 Å². The second kappa shape index (κ2) is 15.3. The molecule has 1 aliphatic heterocycles. The second-order valence-electron chi connectivity index (χ2n) is 13.5. The standard InChI is InChI=1S/C36H45N7O3S2Si/c1-7-46-34(44)31-32(26-17-19-42(20-18-26)27-13-9-8-10-14-27)48-35(37-31)41(3)30-23-25(2)33(40-39-30)38-36-43(24-45-21-22-49(4,5)6)28-15-11-12-16-29(28)47-36/h8-16,23,26H,7,17-22,24H2,1-6H3/b38-36-. The Hall–Kier alpha value is -3.91. The third kappa shape index (κ3) is 8.28. The van der Waals surface area contributed by atoms with Crippen molar-refractivity contribution in [2.24, 2.45) is 4.99 Å². The number of rotatable bonds is 12. The number of carbonyl (C=O) groups excluding carboxylic acids is 1.